The van der Waals surface area contributed by atoms with E-state index < -0.39 is 0 Å². The van der Waals surface area contributed by atoms with Gasteiger partial charge in [0.25, 0.3) is 0 Å². The molecule has 0 spiro atoms. The van der Waals surface area contributed by atoms with Gasteiger partial charge in [0.2, 0.25) is 5.91 Å². The number of anilines is 1. The molecule has 0 atom stereocenters. The van der Waals surface area contributed by atoms with Gasteiger partial charge in [0, 0.05) is 17.9 Å². The zero-order chi connectivity index (χ0) is 16.2. The summed E-state index contributed by atoms with van der Waals surface area (Å²) in [5.41, 5.74) is 3.61. The van der Waals surface area contributed by atoms with Gasteiger partial charge in [-0.2, -0.15) is 5.26 Å². The monoisotopic (exact) mass is 323 g/mol. The van der Waals surface area contributed by atoms with Gasteiger partial charge in [-0.25, -0.2) is 4.98 Å². The molecule has 116 valence electrons. The van der Waals surface area contributed by atoms with Crippen molar-refractivity contribution in [1.82, 2.24) is 4.98 Å². The number of hydrogen-bond donors (Lipinski definition) is 0. The number of carbonyl (C=O) groups is 1. The molecule has 0 fully saturated rings. The van der Waals surface area contributed by atoms with Crippen LogP contribution >= 0.6 is 11.8 Å². The molecule has 1 amide bonds. The number of fused-ring (bicyclic) bond motifs is 1. The van der Waals surface area contributed by atoms with Crippen LogP contribution in [0.5, 0.6) is 0 Å². The van der Waals surface area contributed by atoms with Gasteiger partial charge in [0.05, 0.1) is 11.3 Å². The molecule has 0 bridgehead atoms. The number of rotatable bonds is 3. The number of hydrogen-bond acceptors (Lipinski definition) is 4. The molecule has 0 aliphatic carbocycles. The maximum absolute atomic E-state index is 12.6. The molecule has 23 heavy (non-hydrogen) atoms. The predicted octanol–water partition coefficient (Wildman–Crippen LogP) is 3.33. The summed E-state index contributed by atoms with van der Waals surface area (Å²) < 4.78 is 0. The van der Waals surface area contributed by atoms with Gasteiger partial charge >= 0.3 is 0 Å². The Morgan fingerprint density at radius 3 is 3.00 bits per heavy atom. The summed E-state index contributed by atoms with van der Waals surface area (Å²) in [6.45, 7) is 2.64. The molecule has 1 aromatic carbocycles. The molecule has 2 heterocycles. The molecular weight excluding hydrogens is 306 g/mol. The van der Waals surface area contributed by atoms with Crippen LogP contribution in [0.15, 0.2) is 41.4 Å². The highest BCUT2D eigenvalue weighted by Gasteiger charge is 2.22. The third-order valence-electron chi connectivity index (χ3n) is 3.86. The predicted molar refractivity (Wildman–Crippen MR) is 91.5 cm³/mol. The van der Waals surface area contributed by atoms with Gasteiger partial charge in [0.15, 0.2) is 0 Å². The van der Waals surface area contributed by atoms with Crippen LogP contribution in [0, 0.1) is 18.3 Å². The number of nitriles is 1. The van der Waals surface area contributed by atoms with Crippen molar-refractivity contribution < 1.29 is 4.79 Å². The Kier molecular flexibility index (Phi) is 4.63. The highest BCUT2D eigenvalue weighted by Crippen LogP contribution is 2.28. The number of pyridine rings is 1. The summed E-state index contributed by atoms with van der Waals surface area (Å²) in [4.78, 5) is 18.8. The summed E-state index contributed by atoms with van der Waals surface area (Å²) in [5.74, 6) is 0.355. The van der Waals surface area contributed by atoms with Crippen LogP contribution in [0.4, 0.5) is 5.69 Å². The molecular formula is C18H17N3OS. The maximum Gasteiger partial charge on any atom is 0.237 e. The lowest BCUT2D eigenvalue weighted by Crippen LogP contribution is -2.36. The molecule has 0 radical (unpaired) electrons. The van der Waals surface area contributed by atoms with Crippen LogP contribution in [0.3, 0.4) is 0 Å². The van der Waals surface area contributed by atoms with E-state index in [2.05, 4.69) is 17.1 Å². The molecule has 0 N–H and O–H groups in total. The Labute approximate surface area is 140 Å². The molecule has 0 saturated carbocycles. The number of benzene rings is 1. The zero-order valence-electron chi connectivity index (χ0n) is 13.0. The summed E-state index contributed by atoms with van der Waals surface area (Å²) >= 11 is 1.34. The first-order valence-corrected chi connectivity index (χ1v) is 8.56. The Hall–Kier alpha value is -2.32. The summed E-state index contributed by atoms with van der Waals surface area (Å²) in [5, 5.41) is 9.79. The number of carbonyl (C=O) groups excluding carboxylic acids is 1. The number of aromatic nitrogens is 1. The van der Waals surface area contributed by atoms with Gasteiger partial charge in [-0.3, -0.25) is 4.79 Å². The minimum absolute atomic E-state index is 0.0642. The van der Waals surface area contributed by atoms with E-state index in [1.807, 2.05) is 36.1 Å². The average Bonchev–Trinajstić information content (AvgIpc) is 2.59. The Balaban J connectivity index is 1.74. The van der Waals surface area contributed by atoms with Crippen LogP contribution in [0.25, 0.3) is 0 Å². The molecule has 4 nitrogen and oxygen atoms in total. The van der Waals surface area contributed by atoms with Crippen LogP contribution in [0.2, 0.25) is 0 Å². The van der Waals surface area contributed by atoms with E-state index in [-0.39, 0.29) is 5.91 Å². The fourth-order valence-electron chi connectivity index (χ4n) is 2.73. The largest absolute Gasteiger partial charge is 0.311 e. The third kappa shape index (κ3) is 3.38. The number of nitrogens with zero attached hydrogens (tertiary/aromatic N) is 3. The Morgan fingerprint density at radius 2 is 2.17 bits per heavy atom. The van der Waals surface area contributed by atoms with Gasteiger partial charge < -0.3 is 4.90 Å². The van der Waals surface area contributed by atoms with E-state index in [9.17, 15) is 4.79 Å². The maximum atomic E-state index is 12.6. The molecule has 5 heteroatoms. The van der Waals surface area contributed by atoms with Crippen LogP contribution in [-0.2, 0) is 11.2 Å². The van der Waals surface area contributed by atoms with Crippen molar-refractivity contribution in [3.8, 4) is 6.07 Å². The fourth-order valence-corrected chi connectivity index (χ4v) is 3.62. The lowest BCUT2D eigenvalue weighted by Gasteiger charge is -2.29. The van der Waals surface area contributed by atoms with Gasteiger partial charge in [0.1, 0.15) is 11.1 Å². The van der Waals surface area contributed by atoms with Crippen molar-refractivity contribution in [3.05, 3.63) is 53.2 Å². The highest BCUT2D eigenvalue weighted by molar-refractivity contribution is 8.00. The van der Waals surface area contributed by atoms with Gasteiger partial charge in [-0.05, 0) is 43.5 Å². The van der Waals surface area contributed by atoms with E-state index in [4.69, 9.17) is 5.26 Å². The molecule has 1 aliphatic heterocycles. The lowest BCUT2D eigenvalue weighted by molar-refractivity contribution is -0.116. The fraction of sp³-hybridized carbons (Fsp3) is 0.278. The van der Waals surface area contributed by atoms with Crippen LogP contribution < -0.4 is 4.90 Å². The molecule has 2 aromatic rings. The standard InChI is InChI=1S/C18H17N3OS/c1-13-8-9-15(11-19)18(20-13)23-12-17(22)21-10-4-6-14-5-2-3-7-16(14)21/h2-3,5,7-9H,4,6,10,12H2,1H3. The second-order valence-electron chi connectivity index (χ2n) is 5.48. The number of para-hydroxylation sites is 1. The Bertz CT molecular complexity index is 782. The number of amides is 1. The summed E-state index contributed by atoms with van der Waals surface area (Å²) in [6.07, 6.45) is 2.00. The number of aryl methyl sites for hydroxylation is 2. The quantitative estimate of drug-likeness (QED) is 0.813. The second kappa shape index (κ2) is 6.84. The van der Waals surface area contributed by atoms with Crippen molar-refractivity contribution in [3.63, 3.8) is 0 Å². The number of thioether (sulfide) groups is 1. The topological polar surface area (TPSA) is 57.0 Å². The lowest BCUT2D eigenvalue weighted by atomic mass is 10.0. The molecule has 1 aromatic heterocycles. The van der Waals surface area contributed by atoms with Crippen molar-refractivity contribution in [2.45, 2.75) is 24.8 Å². The first-order chi connectivity index (χ1) is 11.2. The van der Waals surface area contributed by atoms with E-state index in [1.165, 1.54) is 17.3 Å². The van der Waals surface area contributed by atoms with E-state index in [0.29, 0.717) is 16.3 Å². The first-order valence-electron chi connectivity index (χ1n) is 7.58. The zero-order valence-corrected chi connectivity index (χ0v) is 13.8. The first kappa shape index (κ1) is 15.6. The second-order valence-corrected chi connectivity index (χ2v) is 6.45. The van der Waals surface area contributed by atoms with Gasteiger partial charge in [-0.1, -0.05) is 30.0 Å². The Morgan fingerprint density at radius 1 is 1.35 bits per heavy atom. The highest BCUT2D eigenvalue weighted by atomic mass is 32.2. The molecule has 3 rings (SSSR count). The van der Waals surface area contributed by atoms with E-state index >= 15 is 0 Å². The summed E-state index contributed by atoms with van der Waals surface area (Å²) in [6, 6.07) is 13.8. The van der Waals surface area contributed by atoms with E-state index in [1.54, 1.807) is 6.07 Å². The molecule has 1 aliphatic rings. The van der Waals surface area contributed by atoms with Crippen molar-refractivity contribution in [1.29, 1.82) is 5.26 Å². The van der Waals surface area contributed by atoms with Crippen LogP contribution in [0.1, 0.15) is 23.2 Å². The van der Waals surface area contributed by atoms with Crippen molar-refractivity contribution in [2.24, 2.45) is 0 Å². The smallest absolute Gasteiger partial charge is 0.237 e. The third-order valence-corrected chi connectivity index (χ3v) is 4.84. The SMILES string of the molecule is Cc1ccc(C#N)c(SCC(=O)N2CCCc3ccccc32)n1. The van der Waals surface area contributed by atoms with Crippen molar-refractivity contribution in [2.75, 3.05) is 17.2 Å². The van der Waals surface area contributed by atoms with Crippen molar-refractivity contribution >= 4 is 23.4 Å². The van der Waals surface area contributed by atoms with E-state index in [0.717, 1.165) is 30.8 Å². The molecule has 0 unspecified atom stereocenters. The minimum Gasteiger partial charge on any atom is -0.311 e. The summed E-state index contributed by atoms with van der Waals surface area (Å²) in [7, 11) is 0. The minimum atomic E-state index is 0.0642. The van der Waals surface area contributed by atoms with Gasteiger partial charge in [-0.15, -0.1) is 0 Å². The average molecular weight is 323 g/mol. The van der Waals surface area contributed by atoms with Crippen LogP contribution in [-0.4, -0.2) is 23.2 Å². The molecule has 0 saturated heterocycles. The normalized spacial score (nSPS) is 13.3.